The third kappa shape index (κ3) is 4.25. The Morgan fingerprint density at radius 3 is 3.00 bits per heavy atom. The molecule has 0 aromatic carbocycles. The molecule has 1 rings (SSSR count). The SMILES string of the molecule is C=C(Br)CN(C)C1CCCNCC1. The number of rotatable bonds is 3. The van der Waals surface area contributed by atoms with Gasteiger partial charge < -0.3 is 5.32 Å². The van der Waals surface area contributed by atoms with E-state index >= 15 is 0 Å². The molecule has 1 saturated heterocycles. The van der Waals surface area contributed by atoms with Gasteiger partial charge in [-0.2, -0.15) is 0 Å². The van der Waals surface area contributed by atoms with Gasteiger partial charge in [-0.1, -0.05) is 22.5 Å². The summed E-state index contributed by atoms with van der Waals surface area (Å²) in [6, 6.07) is 0.726. The van der Waals surface area contributed by atoms with Gasteiger partial charge in [-0.05, 0) is 39.4 Å². The zero-order valence-electron chi connectivity index (χ0n) is 8.35. The van der Waals surface area contributed by atoms with E-state index in [4.69, 9.17) is 0 Å². The molecule has 1 aliphatic heterocycles. The van der Waals surface area contributed by atoms with Crippen molar-refractivity contribution in [3.05, 3.63) is 11.1 Å². The highest BCUT2D eigenvalue weighted by Crippen LogP contribution is 2.14. The average molecular weight is 247 g/mol. The van der Waals surface area contributed by atoms with Crippen LogP contribution >= 0.6 is 15.9 Å². The molecule has 1 aliphatic rings. The monoisotopic (exact) mass is 246 g/mol. The van der Waals surface area contributed by atoms with Crippen LogP contribution in [0.5, 0.6) is 0 Å². The van der Waals surface area contributed by atoms with Crippen molar-refractivity contribution in [1.29, 1.82) is 0 Å². The summed E-state index contributed by atoms with van der Waals surface area (Å²) in [4.78, 5) is 2.39. The maximum atomic E-state index is 3.87. The number of hydrogen-bond donors (Lipinski definition) is 1. The number of hydrogen-bond acceptors (Lipinski definition) is 2. The van der Waals surface area contributed by atoms with Crippen molar-refractivity contribution in [3.63, 3.8) is 0 Å². The van der Waals surface area contributed by atoms with E-state index in [1.807, 2.05) is 0 Å². The highest BCUT2D eigenvalue weighted by Gasteiger charge is 2.16. The molecule has 0 saturated carbocycles. The second-order valence-corrected chi connectivity index (χ2v) is 4.89. The first-order chi connectivity index (χ1) is 6.20. The first kappa shape index (κ1) is 11.2. The molecule has 3 heteroatoms. The Morgan fingerprint density at radius 2 is 2.31 bits per heavy atom. The Kier molecular flexibility index (Phi) is 4.99. The van der Waals surface area contributed by atoms with Crippen molar-refractivity contribution in [2.45, 2.75) is 25.3 Å². The van der Waals surface area contributed by atoms with Gasteiger partial charge in [0.15, 0.2) is 0 Å². The molecule has 0 amide bonds. The molecule has 13 heavy (non-hydrogen) atoms. The van der Waals surface area contributed by atoms with Crippen LogP contribution in [0, 0.1) is 0 Å². The summed E-state index contributed by atoms with van der Waals surface area (Å²) in [6.07, 6.45) is 3.87. The van der Waals surface area contributed by atoms with E-state index in [1.54, 1.807) is 0 Å². The van der Waals surface area contributed by atoms with Crippen molar-refractivity contribution in [2.75, 3.05) is 26.7 Å². The van der Waals surface area contributed by atoms with Crippen LogP contribution in [0.25, 0.3) is 0 Å². The molecule has 0 aliphatic carbocycles. The maximum absolute atomic E-state index is 3.87. The van der Waals surface area contributed by atoms with Crippen molar-refractivity contribution >= 4 is 15.9 Å². The summed E-state index contributed by atoms with van der Waals surface area (Å²) in [6.45, 7) is 7.17. The molecule has 76 valence electrons. The lowest BCUT2D eigenvalue weighted by molar-refractivity contribution is 0.246. The van der Waals surface area contributed by atoms with Crippen LogP contribution < -0.4 is 5.32 Å². The van der Waals surface area contributed by atoms with Crippen LogP contribution in [0.4, 0.5) is 0 Å². The summed E-state index contributed by atoms with van der Waals surface area (Å²) in [5.74, 6) is 0. The first-order valence-corrected chi connectivity index (χ1v) is 5.73. The molecule has 1 unspecified atom stereocenters. The largest absolute Gasteiger partial charge is 0.317 e. The molecule has 0 spiro atoms. The highest BCUT2D eigenvalue weighted by molar-refractivity contribution is 9.11. The molecule has 1 atom stereocenters. The minimum absolute atomic E-state index is 0.726. The maximum Gasteiger partial charge on any atom is 0.0293 e. The highest BCUT2D eigenvalue weighted by atomic mass is 79.9. The van der Waals surface area contributed by atoms with Crippen molar-refractivity contribution in [1.82, 2.24) is 10.2 Å². The minimum Gasteiger partial charge on any atom is -0.317 e. The minimum atomic E-state index is 0.726. The summed E-state index contributed by atoms with van der Waals surface area (Å²) < 4.78 is 1.08. The predicted molar refractivity (Wildman–Crippen MR) is 61.2 cm³/mol. The molecule has 1 N–H and O–H groups in total. The third-order valence-corrected chi connectivity index (χ3v) is 2.84. The van der Waals surface area contributed by atoms with Gasteiger partial charge >= 0.3 is 0 Å². The Morgan fingerprint density at radius 1 is 1.54 bits per heavy atom. The summed E-state index contributed by atoms with van der Waals surface area (Å²) in [7, 11) is 2.18. The van der Waals surface area contributed by atoms with Gasteiger partial charge in [-0.25, -0.2) is 0 Å². The molecule has 0 bridgehead atoms. The zero-order valence-corrected chi connectivity index (χ0v) is 9.94. The van der Waals surface area contributed by atoms with Gasteiger partial charge in [0.25, 0.3) is 0 Å². The second kappa shape index (κ2) is 5.78. The van der Waals surface area contributed by atoms with Crippen LogP contribution in [0.15, 0.2) is 11.1 Å². The number of halogens is 1. The van der Waals surface area contributed by atoms with Crippen molar-refractivity contribution < 1.29 is 0 Å². The fraction of sp³-hybridized carbons (Fsp3) is 0.800. The fourth-order valence-electron chi connectivity index (χ4n) is 1.84. The average Bonchev–Trinajstić information content (AvgIpc) is 2.29. The molecule has 2 nitrogen and oxygen atoms in total. The van der Waals surface area contributed by atoms with Crippen LogP contribution in [-0.4, -0.2) is 37.6 Å². The Balaban J connectivity index is 2.34. The predicted octanol–water partition coefficient (Wildman–Crippen LogP) is 1.97. The number of nitrogens with zero attached hydrogens (tertiary/aromatic N) is 1. The lowest BCUT2D eigenvalue weighted by Gasteiger charge is -2.26. The molecule has 0 aromatic heterocycles. The van der Waals surface area contributed by atoms with Crippen LogP contribution in [0.3, 0.4) is 0 Å². The Labute approximate surface area is 89.5 Å². The van der Waals surface area contributed by atoms with Gasteiger partial charge in [0.05, 0.1) is 0 Å². The lowest BCUT2D eigenvalue weighted by atomic mass is 10.1. The van der Waals surface area contributed by atoms with Gasteiger partial charge in [0.1, 0.15) is 0 Å². The Hall–Kier alpha value is 0.140. The van der Waals surface area contributed by atoms with Gasteiger partial charge in [-0.3, -0.25) is 4.90 Å². The molecular weight excluding hydrogens is 228 g/mol. The lowest BCUT2D eigenvalue weighted by Crippen LogP contribution is -2.33. The van der Waals surface area contributed by atoms with Crippen molar-refractivity contribution in [2.24, 2.45) is 0 Å². The molecular formula is C10H19BrN2. The van der Waals surface area contributed by atoms with Crippen LogP contribution in [0.1, 0.15) is 19.3 Å². The smallest absolute Gasteiger partial charge is 0.0293 e. The van der Waals surface area contributed by atoms with Gasteiger partial charge in [0, 0.05) is 17.1 Å². The van der Waals surface area contributed by atoms with Crippen molar-refractivity contribution in [3.8, 4) is 0 Å². The van der Waals surface area contributed by atoms with Crippen LogP contribution in [-0.2, 0) is 0 Å². The van der Waals surface area contributed by atoms with Gasteiger partial charge in [-0.15, -0.1) is 0 Å². The van der Waals surface area contributed by atoms with E-state index < -0.39 is 0 Å². The fourth-order valence-corrected chi connectivity index (χ4v) is 2.24. The number of likely N-dealkylation sites (N-methyl/N-ethyl adjacent to an activating group) is 1. The van der Waals surface area contributed by atoms with E-state index in [1.165, 1.54) is 25.8 Å². The summed E-state index contributed by atoms with van der Waals surface area (Å²) in [5.41, 5.74) is 0. The quantitative estimate of drug-likeness (QED) is 0.820. The molecule has 1 heterocycles. The van der Waals surface area contributed by atoms with Crippen LogP contribution in [0.2, 0.25) is 0 Å². The first-order valence-electron chi connectivity index (χ1n) is 4.94. The van der Waals surface area contributed by atoms with E-state index in [2.05, 4.69) is 39.8 Å². The van der Waals surface area contributed by atoms with E-state index in [-0.39, 0.29) is 0 Å². The molecule has 0 aromatic rings. The second-order valence-electron chi connectivity index (χ2n) is 3.77. The van der Waals surface area contributed by atoms with E-state index in [0.29, 0.717) is 0 Å². The van der Waals surface area contributed by atoms with E-state index in [0.717, 1.165) is 23.6 Å². The van der Waals surface area contributed by atoms with E-state index in [9.17, 15) is 0 Å². The normalized spacial score (nSPS) is 24.4. The third-order valence-electron chi connectivity index (χ3n) is 2.59. The zero-order chi connectivity index (χ0) is 9.68. The van der Waals surface area contributed by atoms with Gasteiger partial charge in [0.2, 0.25) is 0 Å². The summed E-state index contributed by atoms with van der Waals surface area (Å²) >= 11 is 3.41. The molecule has 1 fully saturated rings. The Bertz CT molecular complexity index is 162. The number of nitrogens with one attached hydrogen (secondary N) is 1. The summed E-state index contributed by atoms with van der Waals surface area (Å²) in [5, 5.41) is 3.42. The molecule has 0 radical (unpaired) electrons. The topological polar surface area (TPSA) is 15.3 Å². The standard InChI is InChI=1S/C10H19BrN2/c1-9(11)8-13(2)10-4-3-6-12-7-5-10/h10,12H,1,3-8H2,2H3.